The molecular weight excluding hydrogens is 640 g/mol. The van der Waals surface area contributed by atoms with Crippen molar-refractivity contribution in [2.75, 3.05) is 21.3 Å². The third kappa shape index (κ3) is 7.45. The number of hydrogen-bond donors (Lipinski definition) is 0. The molecule has 5 aromatic carbocycles. The van der Waals surface area contributed by atoms with E-state index in [-0.39, 0.29) is 5.97 Å². The fourth-order valence-corrected chi connectivity index (χ4v) is 6.52. The number of benzene rings is 5. The standard InChI is InChI=1S/C44H42O7/c1-6-35(7-2)44(36-13-17-38(46-3)18-14-36,37-15-19-39(47-4)20-16-37)51-28-32-12-22-41-40-21-11-31(24-34(40)29-50-42(41)25-32)27-49-26-30-9-8-10-33(23-30)43(45)48-5/h6-25H,1,26-29H2,2-5H3. The third-order valence-corrected chi connectivity index (χ3v) is 9.16. The van der Waals surface area contributed by atoms with Crippen molar-refractivity contribution in [2.24, 2.45) is 0 Å². The van der Waals surface area contributed by atoms with E-state index in [1.54, 1.807) is 26.4 Å². The topological polar surface area (TPSA) is 72.5 Å². The second-order valence-corrected chi connectivity index (χ2v) is 12.2. The molecule has 0 aromatic heterocycles. The summed E-state index contributed by atoms with van der Waals surface area (Å²) in [5.41, 5.74) is 8.54. The summed E-state index contributed by atoms with van der Waals surface area (Å²) < 4.78 is 35.1. The minimum absolute atomic E-state index is 0.311. The van der Waals surface area contributed by atoms with Crippen molar-refractivity contribution in [2.45, 2.75) is 39.0 Å². The number of fused-ring (bicyclic) bond motifs is 3. The van der Waals surface area contributed by atoms with E-state index in [1.807, 2.05) is 79.7 Å². The molecule has 1 aliphatic heterocycles. The summed E-state index contributed by atoms with van der Waals surface area (Å²) in [6.45, 7) is 7.72. The lowest BCUT2D eigenvalue weighted by molar-refractivity contribution is -0.000506. The van der Waals surface area contributed by atoms with Gasteiger partial charge in [0.1, 0.15) is 29.5 Å². The second kappa shape index (κ2) is 15.9. The van der Waals surface area contributed by atoms with Crippen LogP contribution in [0.3, 0.4) is 0 Å². The molecule has 0 atom stereocenters. The number of allylic oxidation sites excluding steroid dienone is 1. The molecule has 0 bridgehead atoms. The summed E-state index contributed by atoms with van der Waals surface area (Å²) in [4.78, 5) is 11.9. The van der Waals surface area contributed by atoms with Gasteiger partial charge in [-0.25, -0.2) is 4.79 Å². The summed E-state index contributed by atoms with van der Waals surface area (Å²) in [6.07, 6.45) is 3.89. The zero-order valence-electron chi connectivity index (χ0n) is 29.4. The Morgan fingerprint density at radius 1 is 0.745 bits per heavy atom. The number of carbonyl (C=O) groups is 1. The second-order valence-electron chi connectivity index (χ2n) is 12.2. The monoisotopic (exact) mass is 682 g/mol. The van der Waals surface area contributed by atoms with Crippen LogP contribution in [0.15, 0.2) is 133 Å². The maximum atomic E-state index is 11.9. The molecule has 0 amide bonds. The molecule has 7 heteroatoms. The van der Waals surface area contributed by atoms with Crippen LogP contribution in [-0.4, -0.2) is 27.3 Å². The maximum absolute atomic E-state index is 11.9. The molecule has 0 aliphatic carbocycles. The van der Waals surface area contributed by atoms with E-state index in [1.165, 1.54) is 7.11 Å². The summed E-state index contributed by atoms with van der Waals surface area (Å²) in [6, 6.07) is 35.8. The van der Waals surface area contributed by atoms with Gasteiger partial charge < -0.3 is 28.4 Å². The van der Waals surface area contributed by atoms with Crippen molar-refractivity contribution >= 4 is 5.97 Å². The van der Waals surface area contributed by atoms with Crippen molar-refractivity contribution in [3.05, 3.63) is 172 Å². The van der Waals surface area contributed by atoms with Crippen LogP contribution in [0.4, 0.5) is 0 Å². The van der Waals surface area contributed by atoms with E-state index in [2.05, 4.69) is 43.0 Å². The van der Waals surface area contributed by atoms with Crippen molar-refractivity contribution in [1.82, 2.24) is 0 Å². The Morgan fingerprint density at radius 3 is 1.94 bits per heavy atom. The van der Waals surface area contributed by atoms with Crippen LogP contribution in [0.5, 0.6) is 17.2 Å². The Bertz CT molecular complexity index is 1980. The Balaban J connectivity index is 1.22. The van der Waals surface area contributed by atoms with Gasteiger partial charge in [0.05, 0.1) is 46.7 Å². The zero-order valence-corrected chi connectivity index (χ0v) is 29.4. The highest BCUT2D eigenvalue weighted by Crippen LogP contribution is 2.44. The molecule has 6 rings (SSSR count). The molecule has 1 heterocycles. The lowest BCUT2D eigenvalue weighted by Crippen LogP contribution is -2.33. The largest absolute Gasteiger partial charge is 0.497 e. The zero-order chi connectivity index (χ0) is 35.8. The van der Waals surface area contributed by atoms with E-state index in [4.69, 9.17) is 28.4 Å². The molecule has 0 N–H and O–H groups in total. The minimum Gasteiger partial charge on any atom is -0.497 e. The van der Waals surface area contributed by atoms with Crippen LogP contribution in [0.25, 0.3) is 11.1 Å². The number of carbonyl (C=O) groups excluding carboxylic acids is 1. The molecule has 0 fully saturated rings. The van der Waals surface area contributed by atoms with Gasteiger partial charge in [-0.05, 0) is 100.0 Å². The summed E-state index contributed by atoms with van der Waals surface area (Å²) in [5, 5.41) is 0. The van der Waals surface area contributed by atoms with Crippen molar-refractivity contribution < 1.29 is 33.2 Å². The molecule has 1 aliphatic rings. The summed E-state index contributed by atoms with van der Waals surface area (Å²) in [7, 11) is 4.69. The lowest BCUT2D eigenvalue weighted by Gasteiger charge is -2.37. The predicted molar refractivity (Wildman–Crippen MR) is 198 cm³/mol. The summed E-state index contributed by atoms with van der Waals surface area (Å²) >= 11 is 0. The number of methoxy groups -OCH3 is 3. The highest BCUT2D eigenvalue weighted by molar-refractivity contribution is 5.89. The normalized spacial score (nSPS) is 12.3. The van der Waals surface area contributed by atoms with Gasteiger partial charge in [-0.15, -0.1) is 0 Å². The van der Waals surface area contributed by atoms with Crippen molar-refractivity contribution in [1.29, 1.82) is 0 Å². The van der Waals surface area contributed by atoms with Gasteiger partial charge in [0.2, 0.25) is 0 Å². The van der Waals surface area contributed by atoms with Crippen LogP contribution in [-0.2, 0) is 46.2 Å². The van der Waals surface area contributed by atoms with Crippen LogP contribution in [0, 0.1) is 0 Å². The van der Waals surface area contributed by atoms with Crippen LogP contribution < -0.4 is 14.2 Å². The Kier molecular flexibility index (Phi) is 11.0. The minimum atomic E-state index is -0.957. The fourth-order valence-electron chi connectivity index (χ4n) is 6.52. The Labute approximate surface area is 299 Å². The number of hydrogen-bond acceptors (Lipinski definition) is 7. The average molecular weight is 683 g/mol. The molecule has 260 valence electrons. The van der Waals surface area contributed by atoms with E-state index < -0.39 is 5.60 Å². The smallest absolute Gasteiger partial charge is 0.337 e. The van der Waals surface area contributed by atoms with E-state index >= 15 is 0 Å². The Morgan fingerprint density at radius 2 is 1.35 bits per heavy atom. The molecular formula is C44H42O7. The molecule has 7 nitrogen and oxygen atoms in total. The third-order valence-electron chi connectivity index (χ3n) is 9.16. The van der Waals surface area contributed by atoms with Crippen LogP contribution in [0.2, 0.25) is 0 Å². The molecule has 5 aromatic rings. The van der Waals surface area contributed by atoms with Crippen LogP contribution in [0.1, 0.15) is 50.7 Å². The quantitative estimate of drug-likeness (QED) is 0.0854. The number of rotatable bonds is 14. The highest BCUT2D eigenvalue weighted by Gasteiger charge is 2.38. The van der Waals surface area contributed by atoms with Gasteiger partial charge in [0.15, 0.2) is 0 Å². The molecule has 0 saturated heterocycles. The van der Waals surface area contributed by atoms with E-state index in [0.29, 0.717) is 32.0 Å². The SMILES string of the molecule is C=CC(=CC)C(OCc1ccc2c(c1)OCc1cc(COCc3cccc(C(=O)OC)c3)ccc1-2)(c1ccc(OC)cc1)c1ccc(OC)cc1. The Hall–Kier alpha value is -5.63. The first-order chi connectivity index (χ1) is 24.9. The van der Waals surface area contributed by atoms with Crippen molar-refractivity contribution in [3.8, 4) is 28.4 Å². The number of ether oxygens (including phenoxy) is 6. The molecule has 51 heavy (non-hydrogen) atoms. The van der Waals surface area contributed by atoms with Gasteiger partial charge in [-0.2, -0.15) is 0 Å². The first kappa shape index (κ1) is 35.2. The predicted octanol–water partition coefficient (Wildman–Crippen LogP) is 9.36. The highest BCUT2D eigenvalue weighted by atomic mass is 16.5. The fraction of sp³-hybridized carbons (Fsp3) is 0.205. The van der Waals surface area contributed by atoms with Gasteiger partial charge >= 0.3 is 5.97 Å². The average Bonchev–Trinajstić information content (AvgIpc) is 3.19. The first-order valence-electron chi connectivity index (χ1n) is 16.8. The summed E-state index contributed by atoms with van der Waals surface area (Å²) in [5.74, 6) is 1.97. The van der Waals surface area contributed by atoms with Gasteiger partial charge in [-0.3, -0.25) is 0 Å². The van der Waals surface area contributed by atoms with E-state index in [9.17, 15) is 4.79 Å². The maximum Gasteiger partial charge on any atom is 0.337 e. The molecule has 0 spiro atoms. The first-order valence-corrected chi connectivity index (χ1v) is 16.8. The van der Waals surface area contributed by atoms with Gasteiger partial charge in [0, 0.05) is 5.56 Å². The lowest BCUT2D eigenvalue weighted by atomic mass is 9.79. The molecule has 0 unspecified atom stereocenters. The molecule has 0 radical (unpaired) electrons. The van der Waals surface area contributed by atoms with Gasteiger partial charge in [-0.1, -0.05) is 79.4 Å². The van der Waals surface area contributed by atoms with Crippen LogP contribution >= 0.6 is 0 Å². The molecule has 0 saturated carbocycles. The van der Waals surface area contributed by atoms with Gasteiger partial charge in [0.25, 0.3) is 0 Å². The van der Waals surface area contributed by atoms with Crippen molar-refractivity contribution in [3.63, 3.8) is 0 Å². The van der Waals surface area contributed by atoms with E-state index in [0.717, 1.165) is 67.3 Å². The number of esters is 1.